The van der Waals surface area contributed by atoms with Gasteiger partial charge in [-0.2, -0.15) is 13.2 Å². The van der Waals surface area contributed by atoms with Crippen molar-refractivity contribution in [2.45, 2.75) is 45.8 Å². The van der Waals surface area contributed by atoms with Gasteiger partial charge in [0.05, 0.1) is 16.3 Å². The van der Waals surface area contributed by atoms with Crippen molar-refractivity contribution in [1.82, 2.24) is 4.90 Å². The zero-order chi connectivity index (χ0) is 18.7. The van der Waals surface area contributed by atoms with Gasteiger partial charge in [-0.1, -0.05) is 11.6 Å². The molecule has 0 saturated carbocycles. The van der Waals surface area contributed by atoms with Gasteiger partial charge in [0.15, 0.2) is 0 Å². The predicted molar refractivity (Wildman–Crippen MR) is 86.8 cm³/mol. The van der Waals surface area contributed by atoms with E-state index in [4.69, 9.17) is 11.6 Å². The van der Waals surface area contributed by atoms with Crippen LogP contribution in [-0.2, 0) is 15.8 Å². The molecule has 2 amide bonds. The Morgan fingerprint density at radius 1 is 1.21 bits per heavy atom. The van der Waals surface area contributed by atoms with Crippen LogP contribution in [0.2, 0.25) is 5.02 Å². The van der Waals surface area contributed by atoms with Gasteiger partial charge in [0.2, 0.25) is 11.8 Å². The molecule has 0 aliphatic carbocycles. The molecule has 1 aromatic carbocycles. The summed E-state index contributed by atoms with van der Waals surface area (Å²) in [5, 5.41) is 2.37. The first-order valence-electron chi connectivity index (χ1n) is 7.27. The molecular formula is C16H20ClF3N2O2. The third kappa shape index (κ3) is 5.70. The molecule has 1 N–H and O–H groups in total. The molecule has 1 aromatic rings. The Morgan fingerprint density at radius 2 is 1.79 bits per heavy atom. The number of anilines is 1. The van der Waals surface area contributed by atoms with E-state index in [1.165, 1.54) is 11.8 Å². The number of alkyl halides is 3. The van der Waals surface area contributed by atoms with Crippen LogP contribution in [0.4, 0.5) is 18.9 Å². The predicted octanol–water partition coefficient (Wildman–Crippen LogP) is 4.33. The van der Waals surface area contributed by atoms with Gasteiger partial charge >= 0.3 is 6.18 Å². The minimum Gasteiger partial charge on any atom is -0.338 e. The van der Waals surface area contributed by atoms with Gasteiger partial charge in [0, 0.05) is 25.4 Å². The van der Waals surface area contributed by atoms with Crippen LogP contribution in [0.3, 0.4) is 0 Å². The van der Waals surface area contributed by atoms with E-state index in [2.05, 4.69) is 5.32 Å². The van der Waals surface area contributed by atoms with Crippen molar-refractivity contribution in [2.24, 2.45) is 0 Å². The molecular weight excluding hydrogens is 345 g/mol. The Balaban J connectivity index is 2.80. The van der Waals surface area contributed by atoms with Gasteiger partial charge in [0.1, 0.15) is 0 Å². The first-order valence-corrected chi connectivity index (χ1v) is 7.65. The summed E-state index contributed by atoms with van der Waals surface area (Å²) in [7, 11) is 0. The summed E-state index contributed by atoms with van der Waals surface area (Å²) in [6, 6.07) is 2.71. The lowest BCUT2D eigenvalue weighted by Gasteiger charge is -2.34. The molecule has 24 heavy (non-hydrogen) atoms. The second kappa shape index (κ2) is 7.42. The van der Waals surface area contributed by atoms with Gasteiger partial charge in [0.25, 0.3) is 0 Å². The molecule has 0 aliphatic heterocycles. The molecule has 0 spiro atoms. The van der Waals surface area contributed by atoms with E-state index in [9.17, 15) is 22.8 Å². The highest BCUT2D eigenvalue weighted by molar-refractivity contribution is 6.33. The van der Waals surface area contributed by atoms with Crippen molar-refractivity contribution in [2.75, 3.05) is 11.9 Å². The first-order chi connectivity index (χ1) is 10.8. The Kier molecular flexibility index (Phi) is 6.27. The zero-order valence-electron chi connectivity index (χ0n) is 13.9. The van der Waals surface area contributed by atoms with Gasteiger partial charge in [-0.25, -0.2) is 0 Å². The average molecular weight is 365 g/mol. The van der Waals surface area contributed by atoms with Crippen LogP contribution in [0, 0.1) is 0 Å². The molecule has 0 atom stereocenters. The molecule has 1 rings (SSSR count). The van der Waals surface area contributed by atoms with E-state index in [1.807, 2.05) is 20.8 Å². The third-order valence-corrected chi connectivity index (χ3v) is 3.65. The molecule has 0 aromatic heterocycles. The molecule has 0 unspecified atom stereocenters. The molecule has 0 saturated heterocycles. The van der Waals surface area contributed by atoms with Gasteiger partial charge in [-0.3, -0.25) is 9.59 Å². The van der Waals surface area contributed by atoms with Crippen molar-refractivity contribution in [3.05, 3.63) is 28.8 Å². The lowest BCUT2D eigenvalue weighted by molar-refractivity contribution is -0.137. The Morgan fingerprint density at radius 3 is 2.25 bits per heavy atom. The molecule has 0 bridgehead atoms. The second-order valence-corrected chi connectivity index (χ2v) is 6.74. The van der Waals surface area contributed by atoms with E-state index >= 15 is 0 Å². The number of carbonyl (C=O) groups excluding carboxylic acids is 2. The zero-order valence-corrected chi connectivity index (χ0v) is 14.7. The lowest BCUT2D eigenvalue weighted by Crippen LogP contribution is -2.45. The maximum absolute atomic E-state index is 12.7. The van der Waals surface area contributed by atoms with E-state index in [1.54, 1.807) is 0 Å². The summed E-state index contributed by atoms with van der Waals surface area (Å²) >= 11 is 5.83. The molecule has 8 heteroatoms. The highest BCUT2D eigenvalue weighted by atomic mass is 35.5. The fraction of sp³-hybridized carbons (Fsp3) is 0.500. The Hall–Kier alpha value is -1.76. The standard InChI is InChI=1S/C16H20ClF3N2O2/c1-10(23)22(15(2,3)4)8-7-14(24)21-13-9-11(16(18,19)20)5-6-12(13)17/h5-6,9H,7-8H2,1-4H3,(H,21,24). The summed E-state index contributed by atoms with van der Waals surface area (Å²) in [6.07, 6.45) is -4.58. The van der Waals surface area contributed by atoms with Gasteiger partial charge in [-0.05, 0) is 39.0 Å². The van der Waals surface area contributed by atoms with Crippen LogP contribution in [0.5, 0.6) is 0 Å². The van der Waals surface area contributed by atoms with Crippen LogP contribution in [-0.4, -0.2) is 28.8 Å². The van der Waals surface area contributed by atoms with Crippen LogP contribution in [0.25, 0.3) is 0 Å². The number of carbonyl (C=O) groups is 2. The number of benzene rings is 1. The highest BCUT2D eigenvalue weighted by Gasteiger charge is 2.31. The Bertz CT molecular complexity index is 625. The minimum absolute atomic E-state index is 0.00981. The summed E-state index contributed by atoms with van der Waals surface area (Å²) in [5.74, 6) is -0.709. The van der Waals surface area contributed by atoms with Crippen LogP contribution in [0.15, 0.2) is 18.2 Å². The van der Waals surface area contributed by atoms with Crippen LogP contribution < -0.4 is 5.32 Å². The van der Waals surface area contributed by atoms with Crippen LogP contribution in [0.1, 0.15) is 39.7 Å². The number of halogens is 4. The number of amides is 2. The number of rotatable bonds is 4. The minimum atomic E-state index is -4.53. The van der Waals surface area contributed by atoms with Crippen molar-refractivity contribution < 1.29 is 22.8 Å². The number of hydrogen-bond acceptors (Lipinski definition) is 2. The van der Waals surface area contributed by atoms with Crippen molar-refractivity contribution >= 4 is 29.1 Å². The largest absolute Gasteiger partial charge is 0.416 e. The summed E-state index contributed by atoms with van der Waals surface area (Å²) in [4.78, 5) is 25.1. The maximum Gasteiger partial charge on any atom is 0.416 e. The quantitative estimate of drug-likeness (QED) is 0.864. The second-order valence-electron chi connectivity index (χ2n) is 6.33. The van der Waals surface area contributed by atoms with Crippen LogP contribution >= 0.6 is 11.6 Å². The fourth-order valence-corrected chi connectivity index (χ4v) is 2.35. The van der Waals surface area contributed by atoms with E-state index < -0.39 is 23.2 Å². The van der Waals surface area contributed by atoms with E-state index in [0.717, 1.165) is 18.2 Å². The molecule has 0 radical (unpaired) electrons. The number of nitrogens with one attached hydrogen (secondary N) is 1. The molecule has 0 fully saturated rings. The monoisotopic (exact) mass is 364 g/mol. The molecule has 0 heterocycles. The molecule has 0 aliphatic rings. The van der Waals surface area contributed by atoms with Crippen molar-refractivity contribution in [3.8, 4) is 0 Å². The Labute approximate surface area is 144 Å². The topological polar surface area (TPSA) is 49.4 Å². The summed E-state index contributed by atoms with van der Waals surface area (Å²) in [5.41, 5.74) is -1.47. The fourth-order valence-electron chi connectivity index (χ4n) is 2.19. The normalized spacial score (nSPS) is 12.0. The number of hydrogen-bond donors (Lipinski definition) is 1. The molecule has 4 nitrogen and oxygen atoms in total. The van der Waals surface area contributed by atoms with Crippen molar-refractivity contribution in [1.29, 1.82) is 0 Å². The summed E-state index contributed by atoms with van der Waals surface area (Å²) in [6.45, 7) is 7.04. The highest BCUT2D eigenvalue weighted by Crippen LogP contribution is 2.33. The van der Waals surface area contributed by atoms with Crippen molar-refractivity contribution in [3.63, 3.8) is 0 Å². The van der Waals surface area contributed by atoms with Gasteiger partial charge in [-0.15, -0.1) is 0 Å². The molecule has 134 valence electrons. The maximum atomic E-state index is 12.7. The first kappa shape index (κ1) is 20.3. The summed E-state index contributed by atoms with van der Waals surface area (Å²) < 4.78 is 38.1. The van der Waals surface area contributed by atoms with E-state index in [0.29, 0.717) is 0 Å². The third-order valence-electron chi connectivity index (χ3n) is 3.32. The smallest absolute Gasteiger partial charge is 0.338 e. The average Bonchev–Trinajstić information content (AvgIpc) is 2.38. The van der Waals surface area contributed by atoms with Gasteiger partial charge < -0.3 is 10.2 Å². The SMILES string of the molecule is CC(=O)N(CCC(=O)Nc1cc(C(F)(F)F)ccc1Cl)C(C)(C)C. The number of nitrogens with zero attached hydrogens (tertiary/aromatic N) is 1. The van der Waals surface area contributed by atoms with E-state index in [-0.39, 0.29) is 29.6 Å². The lowest BCUT2D eigenvalue weighted by atomic mass is 10.1.